The molecule has 3 N–H and O–H groups in total. The number of allylic oxidation sites excluding steroid dienone is 1. The molecule has 1 unspecified atom stereocenters. The van der Waals surface area contributed by atoms with E-state index in [2.05, 4.69) is 26.2 Å². The Morgan fingerprint density at radius 3 is 2.75 bits per heavy atom. The van der Waals surface area contributed by atoms with Crippen molar-refractivity contribution in [2.75, 3.05) is 12.4 Å². The van der Waals surface area contributed by atoms with Crippen molar-refractivity contribution in [3.8, 4) is 17.1 Å². The highest BCUT2D eigenvalue weighted by Gasteiger charge is 2.33. The molecule has 1 aromatic heterocycles. The minimum atomic E-state index is -0.505. The molecule has 7 nitrogen and oxygen atoms in total. The third-order valence-corrected chi connectivity index (χ3v) is 5.12. The summed E-state index contributed by atoms with van der Waals surface area (Å²) in [6.45, 7) is 1.81. The maximum atomic E-state index is 12.3. The lowest BCUT2D eigenvalue weighted by atomic mass is 9.95. The monoisotopic (exact) mass is 439 g/mol. The molecule has 0 aliphatic carbocycles. The smallest absolute Gasteiger partial charge is 0.248 e. The number of para-hydroxylation sites is 1. The Morgan fingerprint density at radius 2 is 2.04 bits per heavy atom. The molecular weight excluding hydrogens is 422 g/mol. The Balaban J connectivity index is 1.91. The standard InChI is InChI=1S/C20H18BrN5O2/c1-11-16(18(22)27)17(12-6-5-7-13(21)10-12)26-20(23-11)24-19(25-26)14-8-3-4-9-15(14)28-2/h3-10,17H,1-2H3,(H2,22,27)(H,23,24,25). The number of nitrogens with one attached hydrogen (secondary N) is 1. The number of carbonyl (C=O) groups is 1. The van der Waals surface area contributed by atoms with Gasteiger partial charge in [0.15, 0.2) is 5.82 Å². The van der Waals surface area contributed by atoms with E-state index in [1.807, 2.05) is 55.5 Å². The zero-order valence-corrected chi connectivity index (χ0v) is 16.9. The predicted octanol–water partition coefficient (Wildman–Crippen LogP) is 3.49. The van der Waals surface area contributed by atoms with Crippen LogP contribution in [-0.4, -0.2) is 27.8 Å². The van der Waals surface area contributed by atoms with Crippen LogP contribution in [0.3, 0.4) is 0 Å². The van der Waals surface area contributed by atoms with E-state index in [1.165, 1.54) is 0 Å². The van der Waals surface area contributed by atoms with Gasteiger partial charge in [-0.15, -0.1) is 5.10 Å². The molecule has 3 aromatic rings. The van der Waals surface area contributed by atoms with E-state index in [4.69, 9.17) is 15.6 Å². The van der Waals surface area contributed by atoms with Crippen molar-refractivity contribution >= 4 is 27.8 Å². The molecule has 1 aliphatic rings. The molecule has 8 heteroatoms. The minimum Gasteiger partial charge on any atom is -0.496 e. The zero-order valence-electron chi connectivity index (χ0n) is 15.3. The number of hydrogen-bond donors (Lipinski definition) is 2. The van der Waals surface area contributed by atoms with Crippen LogP contribution >= 0.6 is 15.9 Å². The average molecular weight is 440 g/mol. The fourth-order valence-electron chi connectivity index (χ4n) is 3.40. The van der Waals surface area contributed by atoms with Crippen molar-refractivity contribution in [2.24, 2.45) is 5.73 Å². The van der Waals surface area contributed by atoms with Gasteiger partial charge < -0.3 is 15.8 Å². The maximum Gasteiger partial charge on any atom is 0.248 e. The second-order valence-electron chi connectivity index (χ2n) is 6.39. The fraction of sp³-hybridized carbons (Fsp3) is 0.150. The van der Waals surface area contributed by atoms with E-state index in [0.29, 0.717) is 28.8 Å². The van der Waals surface area contributed by atoms with Gasteiger partial charge in [0.25, 0.3) is 0 Å². The molecule has 4 rings (SSSR count). The Labute approximate surface area is 170 Å². The summed E-state index contributed by atoms with van der Waals surface area (Å²) in [5.74, 6) is 1.20. The maximum absolute atomic E-state index is 12.3. The van der Waals surface area contributed by atoms with E-state index in [0.717, 1.165) is 15.6 Å². The molecule has 1 atom stereocenters. The summed E-state index contributed by atoms with van der Waals surface area (Å²) < 4.78 is 8.03. The summed E-state index contributed by atoms with van der Waals surface area (Å²) in [5, 5.41) is 7.84. The molecule has 0 bridgehead atoms. The molecule has 2 aromatic carbocycles. The van der Waals surface area contributed by atoms with Gasteiger partial charge in [-0.2, -0.15) is 4.98 Å². The van der Waals surface area contributed by atoms with Crippen LogP contribution in [0.5, 0.6) is 5.75 Å². The van der Waals surface area contributed by atoms with Crippen LogP contribution < -0.4 is 15.8 Å². The average Bonchev–Trinajstić information content (AvgIpc) is 3.09. The molecule has 0 spiro atoms. The number of ether oxygens (including phenoxy) is 1. The summed E-state index contributed by atoms with van der Waals surface area (Å²) in [5.41, 5.74) is 8.46. The number of hydrogen-bond acceptors (Lipinski definition) is 5. The van der Waals surface area contributed by atoms with Crippen molar-refractivity contribution in [1.29, 1.82) is 0 Å². The Morgan fingerprint density at radius 1 is 1.25 bits per heavy atom. The number of nitrogens with zero attached hydrogens (tertiary/aromatic N) is 3. The minimum absolute atomic E-state index is 0.446. The van der Waals surface area contributed by atoms with Crippen LogP contribution in [0.15, 0.2) is 64.3 Å². The van der Waals surface area contributed by atoms with Gasteiger partial charge in [-0.3, -0.25) is 4.79 Å². The number of methoxy groups -OCH3 is 1. The number of fused-ring (bicyclic) bond motifs is 1. The van der Waals surface area contributed by atoms with Crippen molar-refractivity contribution in [1.82, 2.24) is 14.8 Å². The quantitative estimate of drug-likeness (QED) is 0.648. The van der Waals surface area contributed by atoms with Crippen LogP contribution in [0, 0.1) is 0 Å². The number of primary amides is 1. The van der Waals surface area contributed by atoms with Gasteiger partial charge in [0.1, 0.15) is 11.8 Å². The first-order valence-electron chi connectivity index (χ1n) is 8.62. The lowest BCUT2D eigenvalue weighted by Crippen LogP contribution is -2.31. The van der Waals surface area contributed by atoms with E-state index >= 15 is 0 Å². The third kappa shape index (κ3) is 3.05. The molecule has 2 heterocycles. The second kappa shape index (κ2) is 7.12. The number of amides is 1. The van der Waals surface area contributed by atoms with Crippen LogP contribution in [0.1, 0.15) is 18.5 Å². The van der Waals surface area contributed by atoms with E-state index < -0.39 is 11.9 Å². The third-order valence-electron chi connectivity index (χ3n) is 4.63. The summed E-state index contributed by atoms with van der Waals surface area (Å²) >= 11 is 3.49. The SMILES string of the molecule is COc1ccccc1-c1nc2n(n1)C(c1cccc(Br)c1)C(C(N)=O)=C(C)N2. The Hall–Kier alpha value is -3.13. The highest BCUT2D eigenvalue weighted by Crippen LogP contribution is 2.37. The second-order valence-corrected chi connectivity index (χ2v) is 7.31. The number of nitrogens with two attached hydrogens (primary N) is 1. The number of aromatic nitrogens is 3. The van der Waals surface area contributed by atoms with Crippen LogP contribution in [0.25, 0.3) is 11.4 Å². The Kier molecular flexibility index (Phi) is 4.64. The van der Waals surface area contributed by atoms with Gasteiger partial charge in [0.05, 0.1) is 18.2 Å². The summed E-state index contributed by atoms with van der Waals surface area (Å²) in [6, 6.07) is 14.8. The molecule has 28 heavy (non-hydrogen) atoms. The molecule has 0 fully saturated rings. The highest BCUT2D eigenvalue weighted by atomic mass is 79.9. The van der Waals surface area contributed by atoms with Gasteiger partial charge >= 0.3 is 0 Å². The molecule has 142 valence electrons. The number of rotatable bonds is 4. The summed E-state index contributed by atoms with van der Waals surface area (Å²) in [7, 11) is 1.61. The van der Waals surface area contributed by atoms with E-state index in [-0.39, 0.29) is 0 Å². The predicted molar refractivity (Wildman–Crippen MR) is 110 cm³/mol. The van der Waals surface area contributed by atoms with Crippen molar-refractivity contribution in [3.63, 3.8) is 0 Å². The van der Waals surface area contributed by atoms with Crippen molar-refractivity contribution in [2.45, 2.75) is 13.0 Å². The van der Waals surface area contributed by atoms with Gasteiger partial charge in [-0.1, -0.05) is 40.2 Å². The zero-order chi connectivity index (χ0) is 19.8. The van der Waals surface area contributed by atoms with Gasteiger partial charge in [0, 0.05) is 10.2 Å². The lowest BCUT2D eigenvalue weighted by Gasteiger charge is -2.27. The van der Waals surface area contributed by atoms with Crippen LogP contribution in [0.2, 0.25) is 0 Å². The molecule has 1 amide bonds. The van der Waals surface area contributed by atoms with Gasteiger partial charge in [0.2, 0.25) is 11.9 Å². The normalized spacial score (nSPS) is 15.8. The molecule has 1 aliphatic heterocycles. The number of halogens is 1. The molecule has 0 radical (unpaired) electrons. The van der Waals surface area contributed by atoms with Gasteiger partial charge in [-0.05, 0) is 36.8 Å². The first kappa shape index (κ1) is 18.2. The molecular formula is C20H18BrN5O2. The summed E-state index contributed by atoms with van der Waals surface area (Å²) in [4.78, 5) is 16.9. The largest absolute Gasteiger partial charge is 0.496 e. The van der Waals surface area contributed by atoms with Crippen molar-refractivity contribution < 1.29 is 9.53 Å². The van der Waals surface area contributed by atoms with Crippen molar-refractivity contribution in [3.05, 3.63) is 69.8 Å². The lowest BCUT2D eigenvalue weighted by molar-refractivity contribution is -0.115. The first-order valence-corrected chi connectivity index (χ1v) is 9.42. The molecule has 0 saturated heterocycles. The fourth-order valence-corrected chi connectivity index (χ4v) is 3.82. The number of carbonyl (C=O) groups excluding carboxylic acids is 1. The topological polar surface area (TPSA) is 95.1 Å². The summed E-state index contributed by atoms with van der Waals surface area (Å²) in [6.07, 6.45) is 0. The van der Waals surface area contributed by atoms with E-state index in [9.17, 15) is 4.79 Å². The number of benzene rings is 2. The van der Waals surface area contributed by atoms with Crippen LogP contribution in [-0.2, 0) is 4.79 Å². The highest BCUT2D eigenvalue weighted by molar-refractivity contribution is 9.10. The van der Waals surface area contributed by atoms with Gasteiger partial charge in [-0.25, -0.2) is 4.68 Å². The van der Waals surface area contributed by atoms with E-state index in [1.54, 1.807) is 11.8 Å². The molecule has 0 saturated carbocycles. The van der Waals surface area contributed by atoms with Crippen LogP contribution in [0.4, 0.5) is 5.95 Å². The first-order chi connectivity index (χ1) is 13.5. The Bertz CT molecular complexity index is 1110. The number of anilines is 1.